The molecule has 1 heteroatoms. The lowest BCUT2D eigenvalue weighted by atomic mass is 9.63. The second-order valence-electron chi connectivity index (χ2n) is 11.3. The van der Waals surface area contributed by atoms with E-state index in [1.54, 1.807) is 0 Å². The van der Waals surface area contributed by atoms with Crippen LogP contribution in [0.1, 0.15) is 22.3 Å². The molecule has 0 N–H and O–H groups in total. The van der Waals surface area contributed by atoms with Gasteiger partial charge in [0, 0.05) is 5.69 Å². The Morgan fingerprint density at radius 2 is 0.952 bits per heavy atom. The van der Waals surface area contributed by atoms with Gasteiger partial charge < -0.3 is 4.90 Å². The molecule has 7 aromatic rings. The van der Waals surface area contributed by atoms with Crippen LogP contribution in [0.15, 0.2) is 164 Å². The summed E-state index contributed by atoms with van der Waals surface area (Å²) in [5.41, 5.74) is 13.6. The highest BCUT2D eigenvalue weighted by molar-refractivity contribution is 5.99. The smallest absolute Gasteiger partial charge is 0.0760 e. The highest BCUT2D eigenvalue weighted by atomic mass is 15.2. The van der Waals surface area contributed by atoms with Crippen molar-refractivity contribution in [3.05, 3.63) is 186 Å². The Hall–Kier alpha value is -5.40. The van der Waals surface area contributed by atoms with Crippen molar-refractivity contribution >= 4 is 27.8 Å². The fourth-order valence-electron chi connectivity index (χ4n) is 7.62. The van der Waals surface area contributed by atoms with Crippen LogP contribution in [0.5, 0.6) is 0 Å². The number of anilines is 3. The number of para-hydroxylation sites is 3. The Morgan fingerprint density at radius 1 is 0.381 bits per heavy atom. The van der Waals surface area contributed by atoms with E-state index in [2.05, 4.69) is 169 Å². The molecule has 0 saturated heterocycles. The summed E-state index contributed by atoms with van der Waals surface area (Å²) >= 11 is 0. The second kappa shape index (κ2) is 8.80. The van der Waals surface area contributed by atoms with Crippen LogP contribution in [0.25, 0.3) is 33.0 Å². The third kappa shape index (κ3) is 3.03. The van der Waals surface area contributed by atoms with E-state index in [9.17, 15) is 0 Å². The molecular formula is C41H27N. The summed E-state index contributed by atoms with van der Waals surface area (Å²) in [7, 11) is 0. The van der Waals surface area contributed by atoms with Crippen molar-refractivity contribution in [1.82, 2.24) is 0 Å². The molecule has 42 heavy (non-hydrogen) atoms. The highest BCUT2D eigenvalue weighted by Gasteiger charge is 2.52. The molecule has 0 amide bonds. The maximum absolute atomic E-state index is 2.44. The van der Waals surface area contributed by atoms with Crippen molar-refractivity contribution in [2.24, 2.45) is 0 Å². The molecule has 7 aromatic carbocycles. The van der Waals surface area contributed by atoms with Crippen molar-refractivity contribution in [3.63, 3.8) is 0 Å². The second-order valence-corrected chi connectivity index (χ2v) is 11.3. The lowest BCUT2D eigenvalue weighted by Crippen LogP contribution is -2.36. The number of fused-ring (bicyclic) bond motifs is 10. The standard InChI is InChI=1S/C41H27N/c1-2-15-31(16-3-1)42-38-23-10-8-21-36(38)41(37-22-9-11-24-39(37)42)35-20-7-6-17-33(35)34-19-12-18-32(40(34)41)30-26-25-28-13-4-5-14-29(28)27-30/h1-27H. The molecule has 0 unspecified atom stereocenters. The normalized spacial score (nSPS) is 13.9. The first kappa shape index (κ1) is 23.3. The minimum absolute atomic E-state index is 0.466. The van der Waals surface area contributed by atoms with Gasteiger partial charge in [0.05, 0.1) is 16.8 Å². The molecule has 0 atom stereocenters. The number of hydrogen-bond acceptors (Lipinski definition) is 1. The van der Waals surface area contributed by atoms with E-state index >= 15 is 0 Å². The van der Waals surface area contributed by atoms with E-state index in [0.717, 1.165) is 0 Å². The fraction of sp³-hybridized carbons (Fsp3) is 0.0244. The first-order chi connectivity index (χ1) is 20.9. The molecule has 1 nitrogen and oxygen atoms in total. The van der Waals surface area contributed by atoms with Gasteiger partial charge in [-0.15, -0.1) is 0 Å². The maximum atomic E-state index is 2.44. The van der Waals surface area contributed by atoms with Gasteiger partial charge in [-0.05, 0) is 85.6 Å². The molecule has 1 heterocycles. The Kier molecular flexibility index (Phi) is 4.88. The molecule has 0 fully saturated rings. The molecular weight excluding hydrogens is 506 g/mol. The zero-order valence-electron chi connectivity index (χ0n) is 23.0. The minimum atomic E-state index is -0.466. The summed E-state index contributed by atoms with van der Waals surface area (Å²) < 4.78 is 0. The van der Waals surface area contributed by atoms with Gasteiger partial charge in [0.15, 0.2) is 0 Å². The zero-order valence-corrected chi connectivity index (χ0v) is 23.0. The Bertz CT molecular complexity index is 2110. The Morgan fingerprint density at radius 3 is 1.71 bits per heavy atom. The van der Waals surface area contributed by atoms with E-state index in [-0.39, 0.29) is 0 Å². The van der Waals surface area contributed by atoms with E-state index in [1.165, 1.54) is 72.3 Å². The predicted octanol–water partition coefficient (Wildman–Crippen LogP) is 10.7. The van der Waals surface area contributed by atoms with Crippen LogP contribution in [-0.4, -0.2) is 0 Å². The average Bonchev–Trinajstić information content (AvgIpc) is 3.36. The van der Waals surface area contributed by atoms with Crippen molar-refractivity contribution in [2.45, 2.75) is 5.41 Å². The SMILES string of the molecule is c1ccc(N2c3ccccc3C3(c4ccccc4-c4cccc(-c5ccc6ccccc6c5)c43)c3ccccc32)cc1. The first-order valence-corrected chi connectivity index (χ1v) is 14.6. The number of benzene rings is 7. The fourth-order valence-corrected chi connectivity index (χ4v) is 7.62. The van der Waals surface area contributed by atoms with E-state index in [4.69, 9.17) is 0 Å². The van der Waals surface area contributed by atoms with Crippen LogP contribution in [-0.2, 0) is 5.41 Å². The molecule has 1 aliphatic carbocycles. The molecule has 0 saturated carbocycles. The number of rotatable bonds is 2. The van der Waals surface area contributed by atoms with E-state index in [0.29, 0.717) is 0 Å². The Balaban J connectivity index is 1.44. The summed E-state index contributed by atoms with van der Waals surface area (Å²) in [6.45, 7) is 0. The third-order valence-corrected chi connectivity index (χ3v) is 9.23. The molecule has 0 radical (unpaired) electrons. The summed E-state index contributed by atoms with van der Waals surface area (Å²) in [6.07, 6.45) is 0. The van der Waals surface area contributed by atoms with Gasteiger partial charge in [-0.3, -0.25) is 0 Å². The van der Waals surface area contributed by atoms with E-state index in [1.807, 2.05) is 0 Å². The average molecular weight is 534 g/mol. The molecule has 1 spiro atoms. The van der Waals surface area contributed by atoms with E-state index < -0.39 is 5.41 Å². The summed E-state index contributed by atoms with van der Waals surface area (Å²) in [4.78, 5) is 2.44. The molecule has 9 rings (SSSR count). The topological polar surface area (TPSA) is 3.24 Å². The van der Waals surface area contributed by atoms with Crippen molar-refractivity contribution in [2.75, 3.05) is 4.90 Å². The van der Waals surface area contributed by atoms with Gasteiger partial charge in [0.25, 0.3) is 0 Å². The quantitative estimate of drug-likeness (QED) is 0.214. The van der Waals surface area contributed by atoms with Gasteiger partial charge in [-0.1, -0.05) is 133 Å². The van der Waals surface area contributed by atoms with Gasteiger partial charge >= 0.3 is 0 Å². The van der Waals surface area contributed by atoms with Gasteiger partial charge in [-0.25, -0.2) is 0 Å². The van der Waals surface area contributed by atoms with Crippen LogP contribution in [0, 0.1) is 0 Å². The highest BCUT2D eigenvalue weighted by Crippen LogP contribution is 2.64. The van der Waals surface area contributed by atoms with Crippen LogP contribution in [0.4, 0.5) is 17.1 Å². The van der Waals surface area contributed by atoms with Gasteiger partial charge in [0.1, 0.15) is 0 Å². The largest absolute Gasteiger partial charge is 0.310 e. The third-order valence-electron chi connectivity index (χ3n) is 9.23. The molecule has 1 aliphatic heterocycles. The lowest BCUT2D eigenvalue weighted by Gasteiger charge is -2.45. The monoisotopic (exact) mass is 533 g/mol. The minimum Gasteiger partial charge on any atom is -0.310 e. The van der Waals surface area contributed by atoms with Crippen molar-refractivity contribution in [1.29, 1.82) is 0 Å². The number of hydrogen-bond donors (Lipinski definition) is 0. The number of nitrogens with zero attached hydrogens (tertiary/aromatic N) is 1. The predicted molar refractivity (Wildman–Crippen MR) is 175 cm³/mol. The molecule has 2 aliphatic rings. The van der Waals surface area contributed by atoms with Crippen LogP contribution < -0.4 is 4.90 Å². The van der Waals surface area contributed by atoms with Crippen LogP contribution >= 0.6 is 0 Å². The summed E-state index contributed by atoms with van der Waals surface area (Å²) in [6, 6.07) is 60.3. The van der Waals surface area contributed by atoms with Crippen molar-refractivity contribution < 1.29 is 0 Å². The summed E-state index contributed by atoms with van der Waals surface area (Å²) in [5, 5.41) is 2.52. The lowest BCUT2D eigenvalue weighted by molar-refractivity contribution is 0.754. The molecule has 0 aromatic heterocycles. The Labute approximate surface area is 246 Å². The summed E-state index contributed by atoms with van der Waals surface area (Å²) in [5.74, 6) is 0. The molecule has 0 bridgehead atoms. The van der Waals surface area contributed by atoms with Gasteiger partial charge in [-0.2, -0.15) is 0 Å². The first-order valence-electron chi connectivity index (χ1n) is 14.6. The van der Waals surface area contributed by atoms with Gasteiger partial charge in [0.2, 0.25) is 0 Å². The zero-order chi connectivity index (χ0) is 27.7. The van der Waals surface area contributed by atoms with Crippen LogP contribution in [0.2, 0.25) is 0 Å². The van der Waals surface area contributed by atoms with Crippen molar-refractivity contribution in [3.8, 4) is 22.3 Å². The van der Waals surface area contributed by atoms with Crippen LogP contribution in [0.3, 0.4) is 0 Å². The maximum Gasteiger partial charge on any atom is 0.0760 e. The molecule has 196 valence electrons.